The van der Waals surface area contributed by atoms with Crippen molar-refractivity contribution in [3.05, 3.63) is 35.9 Å². The first-order valence-corrected chi connectivity index (χ1v) is 6.47. The second-order valence-electron chi connectivity index (χ2n) is 5.15. The first-order valence-electron chi connectivity index (χ1n) is 6.47. The molecule has 0 unspecified atom stereocenters. The van der Waals surface area contributed by atoms with Gasteiger partial charge < -0.3 is 4.74 Å². The van der Waals surface area contributed by atoms with Crippen LogP contribution < -0.4 is 0 Å². The molecule has 1 aromatic carbocycles. The third-order valence-corrected chi connectivity index (χ3v) is 4.16. The van der Waals surface area contributed by atoms with Crippen molar-refractivity contribution in [2.24, 2.45) is 0 Å². The van der Waals surface area contributed by atoms with E-state index in [0.717, 1.165) is 6.42 Å². The highest BCUT2D eigenvalue weighted by Gasteiger charge is 2.44. The molecule has 0 aromatic heterocycles. The molecule has 0 aliphatic heterocycles. The first-order chi connectivity index (χ1) is 8.21. The van der Waals surface area contributed by atoms with Crippen LogP contribution in [0.4, 0.5) is 0 Å². The molecule has 2 rings (SSSR count). The summed E-state index contributed by atoms with van der Waals surface area (Å²) in [6, 6.07) is 10.8. The third-order valence-electron chi connectivity index (χ3n) is 4.16. The van der Waals surface area contributed by atoms with Gasteiger partial charge in [-0.05, 0) is 32.5 Å². The lowest BCUT2D eigenvalue weighted by Gasteiger charge is -2.48. The zero-order chi connectivity index (χ0) is 12.3. The second-order valence-corrected chi connectivity index (χ2v) is 5.15. The van der Waals surface area contributed by atoms with Gasteiger partial charge in [0.1, 0.15) is 0 Å². The fraction of sp³-hybridized carbons (Fsp3) is 0.600. The topological polar surface area (TPSA) is 12.5 Å². The van der Waals surface area contributed by atoms with Gasteiger partial charge in [-0.3, -0.25) is 4.90 Å². The van der Waals surface area contributed by atoms with Gasteiger partial charge in [0, 0.05) is 7.11 Å². The molecule has 94 valence electrons. The number of hydrogen-bond acceptors (Lipinski definition) is 2. The Kier molecular flexibility index (Phi) is 3.85. The molecule has 1 aromatic rings. The van der Waals surface area contributed by atoms with Gasteiger partial charge in [-0.25, -0.2) is 0 Å². The fourth-order valence-corrected chi connectivity index (χ4v) is 3.26. The van der Waals surface area contributed by atoms with Crippen molar-refractivity contribution in [3.8, 4) is 0 Å². The van der Waals surface area contributed by atoms with Crippen LogP contribution in [-0.4, -0.2) is 32.2 Å². The van der Waals surface area contributed by atoms with Gasteiger partial charge in [-0.2, -0.15) is 0 Å². The van der Waals surface area contributed by atoms with Crippen LogP contribution >= 0.6 is 0 Å². The molecule has 1 saturated carbocycles. The maximum atomic E-state index is 5.78. The lowest BCUT2D eigenvalue weighted by molar-refractivity contribution is -0.0659. The van der Waals surface area contributed by atoms with Gasteiger partial charge in [-0.15, -0.1) is 0 Å². The number of methoxy groups -OCH3 is 1. The number of nitrogens with zero attached hydrogens (tertiary/aromatic N) is 1. The quantitative estimate of drug-likeness (QED) is 0.795. The van der Waals surface area contributed by atoms with E-state index in [2.05, 4.69) is 49.3 Å². The number of likely N-dealkylation sites (N-methyl/N-ethyl adjacent to an activating group) is 1. The molecule has 17 heavy (non-hydrogen) atoms. The molecule has 0 heterocycles. The summed E-state index contributed by atoms with van der Waals surface area (Å²) in [7, 11) is 6.19. The molecule has 0 radical (unpaired) electrons. The molecule has 0 bridgehead atoms. The largest absolute Gasteiger partial charge is 0.379 e. The van der Waals surface area contributed by atoms with Crippen LogP contribution in [0.1, 0.15) is 31.2 Å². The number of benzene rings is 1. The van der Waals surface area contributed by atoms with E-state index in [0.29, 0.717) is 6.10 Å². The number of hydrogen-bond donors (Lipinski definition) is 0. The SMILES string of the molecule is CO[C@H]1CCCC[C@@]1(c1ccccc1)N(C)C. The van der Waals surface area contributed by atoms with Crippen molar-refractivity contribution in [1.29, 1.82) is 0 Å². The van der Waals surface area contributed by atoms with Crippen LogP contribution in [0.5, 0.6) is 0 Å². The van der Waals surface area contributed by atoms with E-state index in [1.807, 2.05) is 7.11 Å². The molecule has 1 aliphatic rings. The summed E-state index contributed by atoms with van der Waals surface area (Å²) in [6.45, 7) is 0. The fourth-order valence-electron chi connectivity index (χ4n) is 3.26. The monoisotopic (exact) mass is 233 g/mol. The second kappa shape index (κ2) is 5.19. The minimum absolute atomic E-state index is 0.0499. The van der Waals surface area contributed by atoms with Crippen LogP contribution in [0, 0.1) is 0 Å². The third kappa shape index (κ3) is 2.12. The highest BCUT2D eigenvalue weighted by atomic mass is 16.5. The summed E-state index contributed by atoms with van der Waals surface area (Å²) in [4.78, 5) is 2.34. The van der Waals surface area contributed by atoms with E-state index < -0.39 is 0 Å². The van der Waals surface area contributed by atoms with Crippen molar-refractivity contribution >= 4 is 0 Å². The lowest BCUT2D eigenvalue weighted by atomic mass is 9.73. The Morgan fingerprint density at radius 2 is 1.88 bits per heavy atom. The normalized spacial score (nSPS) is 29.5. The van der Waals surface area contributed by atoms with Gasteiger partial charge in [0.25, 0.3) is 0 Å². The average Bonchev–Trinajstić information content (AvgIpc) is 2.39. The van der Waals surface area contributed by atoms with E-state index in [1.54, 1.807) is 0 Å². The van der Waals surface area contributed by atoms with E-state index in [4.69, 9.17) is 4.74 Å². The molecule has 0 saturated heterocycles. The molecule has 1 aliphatic carbocycles. The van der Waals surface area contributed by atoms with Gasteiger partial charge in [0.05, 0.1) is 11.6 Å². The molecule has 0 N–H and O–H groups in total. The van der Waals surface area contributed by atoms with Gasteiger partial charge in [0.2, 0.25) is 0 Å². The molecule has 0 spiro atoms. The number of rotatable bonds is 3. The minimum Gasteiger partial charge on any atom is -0.379 e. The van der Waals surface area contributed by atoms with E-state index in [9.17, 15) is 0 Å². The van der Waals surface area contributed by atoms with E-state index >= 15 is 0 Å². The predicted octanol–water partition coefficient (Wildman–Crippen LogP) is 3.03. The summed E-state index contributed by atoms with van der Waals surface area (Å²) in [5.74, 6) is 0. The summed E-state index contributed by atoms with van der Waals surface area (Å²) >= 11 is 0. The Morgan fingerprint density at radius 1 is 1.18 bits per heavy atom. The Bertz CT molecular complexity index is 349. The Balaban J connectivity index is 2.44. The molecular formula is C15H23NO. The highest BCUT2D eigenvalue weighted by Crippen LogP contribution is 2.42. The minimum atomic E-state index is 0.0499. The van der Waals surface area contributed by atoms with E-state index in [-0.39, 0.29) is 5.54 Å². The summed E-state index contributed by atoms with van der Waals surface area (Å²) < 4.78 is 5.78. The zero-order valence-corrected chi connectivity index (χ0v) is 11.1. The molecule has 0 amide bonds. The van der Waals surface area contributed by atoms with Gasteiger partial charge >= 0.3 is 0 Å². The lowest BCUT2D eigenvalue weighted by Crippen LogP contribution is -2.53. The van der Waals surface area contributed by atoms with Crippen LogP contribution in [0.2, 0.25) is 0 Å². The van der Waals surface area contributed by atoms with Crippen LogP contribution in [0.3, 0.4) is 0 Å². The highest BCUT2D eigenvalue weighted by molar-refractivity contribution is 5.27. The predicted molar refractivity (Wildman–Crippen MR) is 71.1 cm³/mol. The Morgan fingerprint density at radius 3 is 2.47 bits per heavy atom. The van der Waals surface area contributed by atoms with Crippen molar-refractivity contribution in [2.75, 3.05) is 21.2 Å². The van der Waals surface area contributed by atoms with Crippen LogP contribution in [0.15, 0.2) is 30.3 Å². The Hall–Kier alpha value is -0.860. The van der Waals surface area contributed by atoms with Gasteiger partial charge in [-0.1, -0.05) is 43.2 Å². The Labute approximate surface area is 105 Å². The first kappa shape index (κ1) is 12.6. The van der Waals surface area contributed by atoms with E-state index in [1.165, 1.54) is 24.8 Å². The van der Waals surface area contributed by atoms with Crippen LogP contribution in [0.25, 0.3) is 0 Å². The summed E-state index contributed by atoms with van der Waals surface area (Å²) in [6.07, 6.45) is 5.20. The van der Waals surface area contributed by atoms with Crippen molar-refractivity contribution < 1.29 is 4.74 Å². The molecular weight excluding hydrogens is 210 g/mol. The average molecular weight is 233 g/mol. The maximum absolute atomic E-state index is 5.78. The molecule has 1 fully saturated rings. The molecule has 2 nitrogen and oxygen atoms in total. The maximum Gasteiger partial charge on any atom is 0.0796 e. The van der Waals surface area contributed by atoms with Gasteiger partial charge in [0.15, 0.2) is 0 Å². The summed E-state index contributed by atoms with van der Waals surface area (Å²) in [5.41, 5.74) is 1.44. The standard InChI is InChI=1S/C15H23NO/c1-16(2)15(13-9-5-4-6-10-13)12-8-7-11-14(15)17-3/h4-6,9-10,14H,7-8,11-12H2,1-3H3/t14-,15-/m0/s1. The zero-order valence-electron chi connectivity index (χ0n) is 11.1. The summed E-state index contributed by atoms with van der Waals surface area (Å²) in [5, 5.41) is 0. The molecule has 2 heteroatoms. The smallest absolute Gasteiger partial charge is 0.0796 e. The van der Waals surface area contributed by atoms with Crippen LogP contribution in [-0.2, 0) is 10.3 Å². The van der Waals surface area contributed by atoms with Crippen molar-refractivity contribution in [3.63, 3.8) is 0 Å². The van der Waals surface area contributed by atoms with Crippen molar-refractivity contribution in [2.45, 2.75) is 37.3 Å². The molecule has 2 atom stereocenters. The number of ether oxygens (including phenoxy) is 1. The van der Waals surface area contributed by atoms with Crippen molar-refractivity contribution in [1.82, 2.24) is 4.90 Å².